The first-order valence-corrected chi connectivity index (χ1v) is 8.88. The van der Waals surface area contributed by atoms with Gasteiger partial charge in [-0.25, -0.2) is 9.18 Å². The number of rotatable bonds is 7. The topological polar surface area (TPSA) is 69.0 Å². The Morgan fingerprint density at radius 3 is 2.50 bits per heavy atom. The van der Waals surface area contributed by atoms with Crippen LogP contribution in [0.25, 0.3) is 11.0 Å². The van der Waals surface area contributed by atoms with Crippen molar-refractivity contribution < 1.29 is 36.7 Å². The number of ether oxygens (including phenoxy) is 2. The third-order valence-corrected chi connectivity index (χ3v) is 4.40. The summed E-state index contributed by atoms with van der Waals surface area (Å²) in [6, 6.07) is 9.70. The average molecular weight is 421 g/mol. The van der Waals surface area contributed by atoms with Crippen molar-refractivity contribution in [2.75, 3.05) is 13.7 Å². The van der Waals surface area contributed by atoms with Crippen LogP contribution in [0.3, 0.4) is 0 Å². The van der Waals surface area contributed by atoms with Gasteiger partial charge in [0, 0.05) is 24.5 Å². The summed E-state index contributed by atoms with van der Waals surface area (Å²) in [7, 11) is 1.51. The fourth-order valence-electron chi connectivity index (χ4n) is 2.83. The molecule has 0 aliphatic carbocycles. The van der Waals surface area contributed by atoms with Crippen LogP contribution in [0.1, 0.15) is 21.7 Å². The quantitative estimate of drug-likeness (QED) is 0.532. The third kappa shape index (κ3) is 4.91. The molecule has 3 rings (SSSR count). The Hall–Kier alpha value is -3.49. The van der Waals surface area contributed by atoms with E-state index in [1.807, 2.05) is 0 Å². The van der Waals surface area contributed by atoms with E-state index in [0.29, 0.717) is 22.1 Å². The number of halogens is 3. The zero-order valence-corrected chi connectivity index (χ0v) is 16.2. The van der Waals surface area contributed by atoms with Crippen molar-refractivity contribution in [2.24, 2.45) is 0 Å². The van der Waals surface area contributed by atoms with E-state index >= 15 is 0 Å². The molecule has 0 saturated carbocycles. The highest BCUT2D eigenvalue weighted by molar-refractivity contribution is 5.96. The molecule has 0 aliphatic heterocycles. The fourth-order valence-corrected chi connectivity index (χ4v) is 2.83. The molecule has 0 aliphatic rings. The maximum Gasteiger partial charge on any atom is 0.387 e. The molecule has 0 spiro atoms. The van der Waals surface area contributed by atoms with Gasteiger partial charge in [0.15, 0.2) is 6.61 Å². The highest BCUT2D eigenvalue weighted by atomic mass is 19.3. The SMILES string of the molecule is Cc1c(C(=O)OCC(=O)N(C)Cc2ccc(OC(F)F)cc2)oc2ccc(F)cc12. The first-order valence-electron chi connectivity index (χ1n) is 8.88. The third-order valence-electron chi connectivity index (χ3n) is 4.40. The number of hydrogen-bond acceptors (Lipinski definition) is 5. The molecule has 1 heterocycles. The number of esters is 1. The molecule has 0 saturated heterocycles. The molecular weight excluding hydrogens is 403 g/mol. The number of benzene rings is 2. The minimum Gasteiger partial charge on any atom is -0.450 e. The molecule has 6 nitrogen and oxygen atoms in total. The zero-order chi connectivity index (χ0) is 21.8. The van der Waals surface area contributed by atoms with Crippen molar-refractivity contribution in [1.29, 1.82) is 0 Å². The Balaban J connectivity index is 1.57. The van der Waals surface area contributed by atoms with Gasteiger partial charge in [-0.05, 0) is 42.8 Å². The highest BCUT2D eigenvalue weighted by Gasteiger charge is 2.21. The normalized spacial score (nSPS) is 11.0. The molecule has 2 aromatic carbocycles. The van der Waals surface area contributed by atoms with Crippen molar-refractivity contribution in [3.8, 4) is 5.75 Å². The number of furan rings is 1. The van der Waals surface area contributed by atoms with Crippen molar-refractivity contribution in [3.05, 3.63) is 65.2 Å². The summed E-state index contributed by atoms with van der Waals surface area (Å²) in [5.74, 6) is -1.86. The van der Waals surface area contributed by atoms with Crippen LogP contribution in [0.4, 0.5) is 13.2 Å². The summed E-state index contributed by atoms with van der Waals surface area (Å²) in [6.07, 6.45) is 0. The first-order chi connectivity index (χ1) is 14.2. The number of carbonyl (C=O) groups excluding carboxylic acids is 2. The molecule has 1 amide bonds. The number of likely N-dealkylation sites (N-methyl/N-ethyl adjacent to an activating group) is 1. The molecule has 0 atom stereocenters. The smallest absolute Gasteiger partial charge is 0.387 e. The van der Waals surface area contributed by atoms with E-state index in [4.69, 9.17) is 9.15 Å². The van der Waals surface area contributed by atoms with Gasteiger partial charge in [0.25, 0.3) is 5.91 Å². The molecule has 0 bridgehead atoms. The van der Waals surface area contributed by atoms with Crippen LogP contribution >= 0.6 is 0 Å². The standard InChI is InChI=1S/C21H18F3NO5/c1-12-16-9-14(22)5-8-17(16)30-19(12)20(27)28-11-18(26)25(2)10-13-3-6-15(7-4-13)29-21(23)24/h3-9,21H,10-11H2,1-2H3. The van der Waals surface area contributed by atoms with Gasteiger partial charge in [-0.2, -0.15) is 8.78 Å². The van der Waals surface area contributed by atoms with Gasteiger partial charge in [0.2, 0.25) is 5.76 Å². The van der Waals surface area contributed by atoms with E-state index in [9.17, 15) is 22.8 Å². The van der Waals surface area contributed by atoms with Crippen LogP contribution in [0, 0.1) is 12.7 Å². The van der Waals surface area contributed by atoms with Gasteiger partial charge < -0.3 is 18.8 Å². The Bertz CT molecular complexity index is 1060. The molecule has 0 N–H and O–H groups in total. The van der Waals surface area contributed by atoms with Gasteiger partial charge in [-0.1, -0.05) is 12.1 Å². The predicted octanol–water partition coefficient (Wildman–Crippen LogP) is 4.30. The van der Waals surface area contributed by atoms with Crippen molar-refractivity contribution in [1.82, 2.24) is 4.90 Å². The molecule has 0 fully saturated rings. The second kappa shape index (κ2) is 8.89. The van der Waals surface area contributed by atoms with Crippen LogP contribution < -0.4 is 4.74 Å². The van der Waals surface area contributed by atoms with E-state index in [-0.39, 0.29) is 18.1 Å². The summed E-state index contributed by atoms with van der Waals surface area (Å²) in [5.41, 5.74) is 1.43. The van der Waals surface area contributed by atoms with Gasteiger partial charge in [0.05, 0.1) is 0 Å². The summed E-state index contributed by atoms with van der Waals surface area (Å²) in [4.78, 5) is 25.8. The lowest BCUT2D eigenvalue weighted by Crippen LogP contribution is -2.30. The summed E-state index contributed by atoms with van der Waals surface area (Å²) < 4.78 is 52.4. The molecule has 3 aromatic rings. The molecule has 1 aromatic heterocycles. The largest absolute Gasteiger partial charge is 0.450 e. The number of aryl methyl sites for hydroxylation is 1. The number of hydrogen-bond donors (Lipinski definition) is 0. The van der Waals surface area contributed by atoms with Crippen LogP contribution in [-0.4, -0.2) is 37.0 Å². The molecule has 9 heteroatoms. The Labute approximate surface area is 169 Å². The van der Waals surface area contributed by atoms with Crippen molar-refractivity contribution in [3.63, 3.8) is 0 Å². The summed E-state index contributed by atoms with van der Waals surface area (Å²) >= 11 is 0. The van der Waals surface area contributed by atoms with Crippen LogP contribution in [0.5, 0.6) is 5.75 Å². The van der Waals surface area contributed by atoms with Gasteiger partial charge in [-0.3, -0.25) is 4.79 Å². The second-order valence-corrected chi connectivity index (χ2v) is 6.55. The van der Waals surface area contributed by atoms with Crippen LogP contribution in [0.2, 0.25) is 0 Å². The van der Waals surface area contributed by atoms with E-state index < -0.39 is 30.9 Å². The number of carbonyl (C=O) groups is 2. The van der Waals surface area contributed by atoms with E-state index in [1.54, 1.807) is 19.1 Å². The summed E-state index contributed by atoms with van der Waals surface area (Å²) in [5, 5.41) is 0.449. The van der Waals surface area contributed by atoms with Crippen LogP contribution in [0.15, 0.2) is 46.9 Å². The van der Waals surface area contributed by atoms with Gasteiger partial charge in [-0.15, -0.1) is 0 Å². The van der Waals surface area contributed by atoms with Crippen molar-refractivity contribution >= 4 is 22.8 Å². The maximum absolute atomic E-state index is 13.4. The lowest BCUT2D eigenvalue weighted by molar-refractivity contribution is -0.133. The second-order valence-electron chi connectivity index (χ2n) is 6.55. The van der Waals surface area contributed by atoms with Gasteiger partial charge in [0.1, 0.15) is 17.1 Å². The zero-order valence-electron chi connectivity index (χ0n) is 16.2. The highest BCUT2D eigenvalue weighted by Crippen LogP contribution is 2.26. The van der Waals surface area contributed by atoms with Crippen LogP contribution in [-0.2, 0) is 16.1 Å². The molecule has 0 unspecified atom stereocenters. The summed E-state index contributed by atoms with van der Waals surface area (Å²) in [6.45, 7) is -1.66. The Morgan fingerprint density at radius 2 is 1.83 bits per heavy atom. The number of alkyl halides is 2. The van der Waals surface area contributed by atoms with E-state index in [2.05, 4.69) is 4.74 Å². The molecular formula is C21H18F3NO5. The molecule has 158 valence electrons. The molecule has 30 heavy (non-hydrogen) atoms. The maximum atomic E-state index is 13.4. The van der Waals surface area contributed by atoms with E-state index in [0.717, 1.165) is 0 Å². The Kier molecular flexibility index (Phi) is 6.29. The Morgan fingerprint density at radius 1 is 1.13 bits per heavy atom. The van der Waals surface area contributed by atoms with E-state index in [1.165, 1.54) is 42.3 Å². The average Bonchev–Trinajstić information content (AvgIpc) is 3.03. The number of fused-ring (bicyclic) bond motifs is 1. The lowest BCUT2D eigenvalue weighted by atomic mass is 10.1. The first kappa shape index (κ1) is 21.2. The van der Waals surface area contributed by atoms with Crippen molar-refractivity contribution in [2.45, 2.75) is 20.1 Å². The number of amides is 1. The number of nitrogens with zero attached hydrogens (tertiary/aromatic N) is 1. The fraction of sp³-hybridized carbons (Fsp3) is 0.238. The predicted molar refractivity (Wildman–Crippen MR) is 101 cm³/mol. The molecule has 0 radical (unpaired) electrons. The van der Waals surface area contributed by atoms with Gasteiger partial charge >= 0.3 is 12.6 Å². The minimum absolute atomic E-state index is 0.0118. The lowest BCUT2D eigenvalue weighted by Gasteiger charge is -2.17. The minimum atomic E-state index is -2.91. The monoisotopic (exact) mass is 421 g/mol.